The van der Waals surface area contributed by atoms with Gasteiger partial charge in [0.05, 0.1) is 65.7 Å². The maximum Gasteiger partial charge on any atom is 2.00 e. The molecule has 12 rings (SSSR count). The van der Waals surface area contributed by atoms with Gasteiger partial charge in [-0.2, -0.15) is 13.0 Å². The number of rotatable bonds is 32. The molecule has 9 heterocycles. The number of carbonyl (C=O) groups excluding carboxylic acids is 3. The molecule has 0 saturated carbocycles. The second-order valence-electron chi connectivity index (χ2n) is 28.9. The van der Waals surface area contributed by atoms with Gasteiger partial charge in [0.15, 0.2) is 5.71 Å². The molecule has 114 heavy (non-hydrogen) atoms. The van der Waals surface area contributed by atoms with Crippen LogP contribution in [0.15, 0.2) is 226 Å². The number of sulfonamides is 1. The molecule has 25 nitrogen and oxygen atoms in total. The Hall–Kier alpha value is -7.36. The zero-order valence-corrected chi connectivity index (χ0v) is 74.3. The van der Waals surface area contributed by atoms with Crippen LogP contribution in [0.2, 0.25) is 0 Å². The minimum absolute atomic E-state index is 0. The normalized spacial score (nSPS) is 15.3. The van der Waals surface area contributed by atoms with Crippen molar-refractivity contribution in [1.29, 1.82) is 0 Å². The monoisotopic (exact) mass is 1730 g/mol. The Balaban J connectivity index is 0.000000560. The van der Waals surface area contributed by atoms with Crippen molar-refractivity contribution in [3.8, 4) is 22.8 Å². The first kappa shape index (κ1) is 93.8. The molecule has 0 saturated heterocycles. The van der Waals surface area contributed by atoms with Crippen molar-refractivity contribution in [2.24, 2.45) is 4.99 Å². The van der Waals surface area contributed by atoms with E-state index in [4.69, 9.17) is 4.99 Å². The van der Waals surface area contributed by atoms with Crippen LogP contribution in [-0.4, -0.2) is 149 Å². The maximum atomic E-state index is 13.4. The van der Waals surface area contributed by atoms with Gasteiger partial charge in [0.25, 0.3) is 21.9 Å². The molecule has 0 bridgehead atoms. The van der Waals surface area contributed by atoms with E-state index >= 15 is 0 Å². The number of benzene rings is 3. The zero-order chi connectivity index (χ0) is 79.8. The van der Waals surface area contributed by atoms with Crippen molar-refractivity contribution < 1.29 is 145 Å². The molecule has 0 atom stereocenters. The van der Waals surface area contributed by atoms with Gasteiger partial charge in [-0.05, 0) is 217 Å². The summed E-state index contributed by atoms with van der Waals surface area (Å²) in [5, 5.41) is 3.05. The molecule has 0 radical (unpaired) electrons. The number of nitrogens with one attached hydrogen (secondary N) is 2. The first-order chi connectivity index (χ1) is 52.7. The number of fused-ring (bicyclic) bond motifs is 3. The second-order valence-corrected chi connectivity index (χ2v) is 35.0. The minimum Gasteiger partial charge on any atom is -0.744 e. The van der Waals surface area contributed by atoms with E-state index in [1.54, 1.807) is 61.3 Å². The molecule has 0 aliphatic carbocycles. The summed E-state index contributed by atoms with van der Waals surface area (Å²) in [6.45, 7) is 13.5. The number of imide groups is 1. The first-order valence-electron chi connectivity index (χ1n) is 36.9. The predicted molar refractivity (Wildman–Crippen MR) is 424 cm³/mol. The van der Waals surface area contributed by atoms with E-state index in [2.05, 4.69) is 39.5 Å². The summed E-state index contributed by atoms with van der Waals surface area (Å²) in [5.74, 6) is -1.14. The number of carbonyl (C=O) groups is 3. The van der Waals surface area contributed by atoms with Crippen LogP contribution in [0.1, 0.15) is 147 Å². The van der Waals surface area contributed by atoms with Crippen LogP contribution in [0.3, 0.4) is 0 Å². The average molecular weight is 1730 g/mol. The van der Waals surface area contributed by atoms with Crippen molar-refractivity contribution in [1.82, 2.24) is 39.9 Å². The van der Waals surface area contributed by atoms with Crippen molar-refractivity contribution in [3.05, 3.63) is 235 Å². The molecule has 3 amide bonds. The van der Waals surface area contributed by atoms with Gasteiger partial charge < -0.3 is 19.3 Å². The third-order valence-corrected chi connectivity index (χ3v) is 23.8. The standard InChI is InChI=1S/C62H77N7O14S4.2C10H8N2.2Na.Ru/c1-60(2)48-41-45(86(78,79)80)24-27-52(48)67(54(60)20-18-21-55-61(3,4)49-42-46(87(81,82)83)25-28-53(49)68(55)36-16-17-38-84(73,74)75)35-14-8-12-32-64-56(70)22-11-7-10-19-43-31-34-63-51(39-43)59-62(5,6)47-40-44(23-26-50(47)66-59)85(76,77)65-33-13-9-15-37-69-57(71)29-30-58(69)72;2*1-3-7-11-9(5-1)10-6-2-4-8-12-10;;;/h18,20-21,23-31,34,39-42,65H,7-17,19,22,32-33,35-38H2,1-6H3,(H3-,64,70,73,74,75,78,79,80,81,82,83);2*1-8H;;;/q;;;2*+1;+2/p-1. The fourth-order valence-electron chi connectivity index (χ4n) is 13.9. The molecule has 0 spiro atoms. The van der Waals surface area contributed by atoms with Crippen LogP contribution >= 0.6 is 0 Å². The Labute approximate surface area is 726 Å². The van der Waals surface area contributed by atoms with Crippen LogP contribution in [0.4, 0.5) is 17.1 Å². The van der Waals surface area contributed by atoms with E-state index in [1.807, 2.05) is 150 Å². The third-order valence-electron chi connectivity index (χ3n) is 19.9. The number of aryl methyl sites for hydroxylation is 1. The quantitative estimate of drug-likeness (QED) is 0.0136. The summed E-state index contributed by atoms with van der Waals surface area (Å²) in [6, 6.07) is 40.6. The number of anilines is 1. The van der Waals surface area contributed by atoms with Gasteiger partial charge in [-0.3, -0.25) is 48.8 Å². The Morgan fingerprint density at radius 3 is 1.61 bits per heavy atom. The molecule has 8 aromatic rings. The van der Waals surface area contributed by atoms with E-state index in [1.165, 1.54) is 41.3 Å². The average Bonchev–Trinajstić information content (AvgIpc) is 1.61. The maximum absolute atomic E-state index is 13.4. The molecule has 32 heteroatoms. The van der Waals surface area contributed by atoms with Crippen LogP contribution in [0.5, 0.6) is 0 Å². The molecule has 0 unspecified atom stereocenters. The van der Waals surface area contributed by atoms with Gasteiger partial charge >= 0.3 is 78.6 Å². The third kappa shape index (κ3) is 24.6. The SMILES string of the molecule is CC1(C)C(c2cc(CCCCCC(=O)NCCCCC[N+]3=C(C=CC=C4N(CCCCS(=O)(=O)O)c5ccc(S(=O)(=O)[O-])cc5C4(C)C)C(C)(C)c4cc(S(=O)(=O)[O-])ccc43)ccn2)=Nc2ccc(S(=O)(=O)NCCCCCN3C(=O)C=CC3=O)cc21.[Na+].[Na+].[Ru+2].c1ccc(-c2ccccn2)nc1.c1ccc(-c2ccccn2)nc1. The number of nitrogens with zero attached hydrogens (tertiary/aromatic N) is 9. The van der Waals surface area contributed by atoms with Crippen molar-refractivity contribution in [2.75, 3.05) is 43.4 Å². The molecular weight excluding hydrogens is 1640 g/mol. The Bertz CT molecular complexity index is 5190. The van der Waals surface area contributed by atoms with Gasteiger partial charge in [-0.25, -0.2) is 35.0 Å². The molecule has 5 aromatic heterocycles. The van der Waals surface area contributed by atoms with E-state index in [0.717, 1.165) is 82.4 Å². The predicted octanol–water partition coefficient (Wildman–Crippen LogP) is 6.34. The van der Waals surface area contributed by atoms with E-state index < -0.39 is 62.4 Å². The minimum atomic E-state index is -4.78. The number of allylic oxidation sites excluding steroid dienone is 4. The summed E-state index contributed by atoms with van der Waals surface area (Å²) >= 11 is 0. The molecule has 0 fully saturated rings. The first-order valence-corrected chi connectivity index (χ1v) is 42.8. The molecule has 4 aliphatic heterocycles. The Morgan fingerprint density at radius 2 is 1.04 bits per heavy atom. The van der Waals surface area contributed by atoms with Crippen LogP contribution in [-0.2, 0) is 96.9 Å². The molecule has 590 valence electrons. The number of unbranched alkanes of at least 4 members (excludes halogenated alkanes) is 7. The Morgan fingerprint density at radius 1 is 0.526 bits per heavy atom. The summed E-state index contributed by atoms with van der Waals surface area (Å²) in [7, 11) is -17.6. The molecule has 4 aliphatic rings. The van der Waals surface area contributed by atoms with Crippen LogP contribution in [0.25, 0.3) is 22.8 Å². The smallest absolute Gasteiger partial charge is 0.744 e. The number of aliphatic imine (C=N–C) groups is 1. The van der Waals surface area contributed by atoms with Crippen LogP contribution < -0.4 is 74.1 Å². The largest absolute Gasteiger partial charge is 2.00 e. The van der Waals surface area contributed by atoms with Crippen molar-refractivity contribution in [3.63, 3.8) is 0 Å². The van der Waals surface area contributed by atoms with Gasteiger partial charge in [0.2, 0.25) is 21.6 Å². The Kier molecular flexibility index (Phi) is 34.3. The molecule has 3 N–H and O–H groups in total. The number of hydrogen-bond donors (Lipinski definition) is 3. The van der Waals surface area contributed by atoms with Crippen molar-refractivity contribution >= 4 is 86.6 Å². The summed E-state index contributed by atoms with van der Waals surface area (Å²) < 4.78 is 137. The van der Waals surface area contributed by atoms with Gasteiger partial charge in [0.1, 0.15) is 26.8 Å². The number of amides is 3. The fraction of sp³-hybridized carbons (Fsp3) is 0.341. The topological polar surface area (TPSA) is 364 Å². The number of pyridine rings is 5. The summed E-state index contributed by atoms with van der Waals surface area (Å²) in [5.41, 5.74) is 9.53. The number of aromatic nitrogens is 5. The fourth-order valence-corrected chi connectivity index (χ4v) is 16.6. The molecular formula is C82H92N11Na2O14RuS4+3. The van der Waals surface area contributed by atoms with Gasteiger partial charge in [0, 0.05) is 122 Å². The second kappa shape index (κ2) is 41.7. The van der Waals surface area contributed by atoms with Gasteiger partial charge in [-0.1, -0.05) is 57.0 Å². The molecule has 3 aromatic carbocycles. The summed E-state index contributed by atoms with van der Waals surface area (Å²) in [4.78, 5) is 65.4. The van der Waals surface area contributed by atoms with E-state index in [9.17, 15) is 61.7 Å². The number of hydrogen-bond acceptors (Lipinski definition) is 20. The van der Waals surface area contributed by atoms with E-state index in [-0.39, 0.29) is 131 Å². The van der Waals surface area contributed by atoms with Gasteiger partial charge in [-0.15, -0.1) is 0 Å². The van der Waals surface area contributed by atoms with Crippen LogP contribution in [0, 0.1) is 0 Å². The zero-order valence-electron chi connectivity index (χ0n) is 65.3. The van der Waals surface area contributed by atoms with Crippen molar-refractivity contribution in [2.45, 2.75) is 156 Å². The van der Waals surface area contributed by atoms with E-state index in [0.29, 0.717) is 99.2 Å². The summed E-state index contributed by atoms with van der Waals surface area (Å²) in [6.07, 6.45) is 24.9.